The van der Waals surface area contributed by atoms with Crippen LogP contribution in [-0.2, 0) is 11.2 Å². The van der Waals surface area contributed by atoms with Crippen molar-refractivity contribution < 1.29 is 4.79 Å². The van der Waals surface area contributed by atoms with Crippen LogP contribution in [0.1, 0.15) is 37.4 Å². The van der Waals surface area contributed by atoms with E-state index < -0.39 is 0 Å². The third kappa shape index (κ3) is 3.95. The molecular formula is C19H24N2O. The monoisotopic (exact) mass is 296 g/mol. The summed E-state index contributed by atoms with van der Waals surface area (Å²) in [4.78, 5) is 12.5. The van der Waals surface area contributed by atoms with E-state index in [9.17, 15) is 4.79 Å². The molecule has 3 nitrogen and oxygen atoms in total. The molecule has 0 aromatic heterocycles. The van der Waals surface area contributed by atoms with Crippen molar-refractivity contribution in [1.29, 1.82) is 0 Å². The first kappa shape index (κ1) is 16.2. The average Bonchev–Trinajstić information content (AvgIpc) is 2.56. The maximum atomic E-state index is 12.5. The Bertz CT molecular complexity index is 610. The van der Waals surface area contributed by atoms with Gasteiger partial charge in [-0.05, 0) is 23.6 Å². The number of para-hydroxylation sites is 1. The van der Waals surface area contributed by atoms with Crippen LogP contribution < -0.4 is 11.1 Å². The minimum Gasteiger partial charge on any atom is -0.326 e. The molecule has 2 atom stereocenters. The second-order valence-corrected chi connectivity index (χ2v) is 5.62. The Labute approximate surface area is 132 Å². The lowest BCUT2D eigenvalue weighted by Gasteiger charge is -2.20. The molecular weight excluding hydrogens is 272 g/mol. The molecule has 0 spiro atoms. The van der Waals surface area contributed by atoms with Crippen LogP contribution in [0.15, 0.2) is 54.6 Å². The number of nitrogens with two attached hydrogens (primary N) is 1. The highest BCUT2D eigenvalue weighted by Crippen LogP contribution is 2.22. The van der Waals surface area contributed by atoms with Crippen molar-refractivity contribution in [2.75, 3.05) is 5.32 Å². The molecule has 1 amide bonds. The molecule has 0 bridgehead atoms. The quantitative estimate of drug-likeness (QED) is 0.849. The summed E-state index contributed by atoms with van der Waals surface area (Å²) in [5.41, 5.74) is 9.26. The zero-order chi connectivity index (χ0) is 15.9. The Hall–Kier alpha value is -2.13. The van der Waals surface area contributed by atoms with Crippen molar-refractivity contribution in [1.82, 2.24) is 0 Å². The van der Waals surface area contributed by atoms with Gasteiger partial charge in [-0.3, -0.25) is 4.79 Å². The Morgan fingerprint density at radius 3 is 2.41 bits per heavy atom. The SMILES string of the molecule is CCCc1ccccc1NC(=O)C(C)C(N)c1ccccc1. The van der Waals surface area contributed by atoms with E-state index in [2.05, 4.69) is 18.3 Å². The van der Waals surface area contributed by atoms with Crippen molar-refractivity contribution in [3.63, 3.8) is 0 Å². The van der Waals surface area contributed by atoms with E-state index in [1.165, 1.54) is 5.56 Å². The molecule has 0 radical (unpaired) electrons. The predicted molar refractivity (Wildman–Crippen MR) is 91.6 cm³/mol. The standard InChI is InChI=1S/C19H24N2O/c1-3-9-15-10-7-8-13-17(15)21-19(22)14(2)18(20)16-11-5-4-6-12-16/h4-8,10-14,18H,3,9,20H2,1-2H3,(H,21,22). The van der Waals surface area contributed by atoms with Crippen molar-refractivity contribution in [2.24, 2.45) is 11.7 Å². The number of carbonyl (C=O) groups is 1. The van der Waals surface area contributed by atoms with Gasteiger partial charge in [0.25, 0.3) is 0 Å². The van der Waals surface area contributed by atoms with Gasteiger partial charge in [0.15, 0.2) is 0 Å². The number of hydrogen-bond acceptors (Lipinski definition) is 2. The van der Waals surface area contributed by atoms with Crippen LogP contribution in [0.3, 0.4) is 0 Å². The highest BCUT2D eigenvalue weighted by molar-refractivity contribution is 5.93. The van der Waals surface area contributed by atoms with E-state index in [1.807, 2.05) is 55.5 Å². The molecule has 2 aromatic rings. The summed E-state index contributed by atoms with van der Waals surface area (Å²) in [6.07, 6.45) is 2.00. The summed E-state index contributed by atoms with van der Waals surface area (Å²) in [6.45, 7) is 4.00. The van der Waals surface area contributed by atoms with Crippen molar-refractivity contribution in [2.45, 2.75) is 32.7 Å². The number of hydrogen-bond donors (Lipinski definition) is 2. The van der Waals surface area contributed by atoms with E-state index in [4.69, 9.17) is 5.73 Å². The fourth-order valence-electron chi connectivity index (χ4n) is 2.50. The number of rotatable bonds is 6. The van der Waals surface area contributed by atoms with E-state index >= 15 is 0 Å². The van der Waals surface area contributed by atoms with Crippen molar-refractivity contribution in [3.8, 4) is 0 Å². The summed E-state index contributed by atoms with van der Waals surface area (Å²) in [5, 5.41) is 3.03. The molecule has 3 heteroatoms. The van der Waals surface area contributed by atoms with Crippen LogP contribution in [0.2, 0.25) is 0 Å². The Morgan fingerprint density at radius 2 is 1.73 bits per heavy atom. The Kier molecular flexibility index (Phi) is 5.73. The van der Waals surface area contributed by atoms with Gasteiger partial charge in [0.05, 0.1) is 5.92 Å². The predicted octanol–water partition coefficient (Wildman–Crippen LogP) is 3.91. The summed E-state index contributed by atoms with van der Waals surface area (Å²) in [5.74, 6) is -0.336. The number of nitrogens with one attached hydrogen (secondary N) is 1. The van der Waals surface area contributed by atoms with Gasteiger partial charge in [0.1, 0.15) is 0 Å². The minimum atomic E-state index is -0.306. The number of aryl methyl sites for hydroxylation is 1. The maximum absolute atomic E-state index is 12.5. The molecule has 0 saturated heterocycles. The third-order valence-electron chi connectivity index (χ3n) is 3.93. The van der Waals surface area contributed by atoms with Gasteiger partial charge in [-0.1, -0.05) is 68.8 Å². The number of carbonyl (C=O) groups excluding carboxylic acids is 1. The summed E-state index contributed by atoms with van der Waals surface area (Å²) in [6, 6.07) is 17.4. The molecule has 0 heterocycles. The lowest BCUT2D eigenvalue weighted by atomic mass is 9.94. The van der Waals surface area contributed by atoms with Crippen LogP contribution in [0.25, 0.3) is 0 Å². The van der Waals surface area contributed by atoms with Gasteiger partial charge in [-0.25, -0.2) is 0 Å². The lowest BCUT2D eigenvalue weighted by Crippen LogP contribution is -2.30. The minimum absolute atomic E-state index is 0.0418. The zero-order valence-corrected chi connectivity index (χ0v) is 13.3. The highest BCUT2D eigenvalue weighted by Gasteiger charge is 2.22. The van der Waals surface area contributed by atoms with Crippen LogP contribution in [-0.4, -0.2) is 5.91 Å². The first-order valence-electron chi connectivity index (χ1n) is 7.82. The fraction of sp³-hybridized carbons (Fsp3) is 0.316. The number of amides is 1. The molecule has 116 valence electrons. The van der Waals surface area contributed by atoms with Gasteiger partial charge in [-0.2, -0.15) is 0 Å². The molecule has 0 aliphatic rings. The third-order valence-corrected chi connectivity index (χ3v) is 3.93. The fourth-order valence-corrected chi connectivity index (χ4v) is 2.50. The molecule has 2 rings (SSSR count). The molecule has 2 unspecified atom stereocenters. The second-order valence-electron chi connectivity index (χ2n) is 5.62. The smallest absolute Gasteiger partial charge is 0.229 e. The number of benzene rings is 2. The van der Waals surface area contributed by atoms with E-state index in [1.54, 1.807) is 0 Å². The second kappa shape index (κ2) is 7.76. The first-order valence-corrected chi connectivity index (χ1v) is 7.82. The van der Waals surface area contributed by atoms with E-state index in [-0.39, 0.29) is 17.9 Å². The lowest BCUT2D eigenvalue weighted by molar-refractivity contribution is -0.120. The van der Waals surface area contributed by atoms with Gasteiger partial charge in [0, 0.05) is 11.7 Å². The number of anilines is 1. The van der Waals surface area contributed by atoms with E-state index in [0.29, 0.717) is 0 Å². The molecule has 0 saturated carbocycles. The summed E-state index contributed by atoms with van der Waals surface area (Å²) < 4.78 is 0. The normalized spacial score (nSPS) is 13.4. The van der Waals surface area contributed by atoms with Crippen LogP contribution in [0.4, 0.5) is 5.69 Å². The first-order chi connectivity index (χ1) is 10.6. The Morgan fingerprint density at radius 1 is 1.09 bits per heavy atom. The topological polar surface area (TPSA) is 55.1 Å². The molecule has 3 N–H and O–H groups in total. The van der Waals surface area contributed by atoms with Gasteiger partial charge < -0.3 is 11.1 Å². The van der Waals surface area contributed by atoms with Gasteiger partial charge >= 0.3 is 0 Å². The molecule has 2 aromatic carbocycles. The summed E-state index contributed by atoms with van der Waals surface area (Å²) in [7, 11) is 0. The van der Waals surface area contributed by atoms with Gasteiger partial charge in [-0.15, -0.1) is 0 Å². The average molecular weight is 296 g/mol. The van der Waals surface area contributed by atoms with Crippen molar-refractivity contribution in [3.05, 3.63) is 65.7 Å². The molecule has 0 aliphatic heterocycles. The van der Waals surface area contributed by atoms with Gasteiger partial charge in [0.2, 0.25) is 5.91 Å². The molecule has 22 heavy (non-hydrogen) atoms. The van der Waals surface area contributed by atoms with Crippen LogP contribution in [0.5, 0.6) is 0 Å². The Balaban J connectivity index is 2.09. The molecule has 0 fully saturated rings. The largest absolute Gasteiger partial charge is 0.326 e. The molecule has 0 aliphatic carbocycles. The summed E-state index contributed by atoms with van der Waals surface area (Å²) >= 11 is 0. The maximum Gasteiger partial charge on any atom is 0.229 e. The van der Waals surface area contributed by atoms with Crippen LogP contribution in [0, 0.1) is 5.92 Å². The van der Waals surface area contributed by atoms with Crippen molar-refractivity contribution >= 4 is 11.6 Å². The highest BCUT2D eigenvalue weighted by atomic mass is 16.1. The zero-order valence-electron chi connectivity index (χ0n) is 13.3. The van der Waals surface area contributed by atoms with E-state index in [0.717, 1.165) is 24.1 Å². The van der Waals surface area contributed by atoms with Crippen LogP contribution >= 0.6 is 0 Å².